The first-order valence-electron chi connectivity index (χ1n) is 5.48. The maximum Gasteiger partial charge on any atom is 0.0571 e. The molecule has 0 saturated heterocycles. The van der Waals surface area contributed by atoms with Crippen LogP contribution < -0.4 is 0 Å². The van der Waals surface area contributed by atoms with Crippen molar-refractivity contribution >= 4 is 11.3 Å². The summed E-state index contributed by atoms with van der Waals surface area (Å²) < 4.78 is 0. The van der Waals surface area contributed by atoms with Gasteiger partial charge in [0, 0.05) is 4.88 Å². The van der Waals surface area contributed by atoms with Gasteiger partial charge in [0.15, 0.2) is 0 Å². The molecule has 1 nitrogen and oxygen atoms in total. The number of hydrogen-bond acceptors (Lipinski definition) is 2. The van der Waals surface area contributed by atoms with Gasteiger partial charge in [-0.2, -0.15) is 0 Å². The predicted octanol–water partition coefficient (Wildman–Crippen LogP) is 3.09. The Morgan fingerprint density at radius 1 is 1.57 bits per heavy atom. The van der Waals surface area contributed by atoms with Crippen molar-refractivity contribution in [3.63, 3.8) is 0 Å². The Balaban J connectivity index is 1.74. The van der Waals surface area contributed by atoms with E-state index in [1.54, 1.807) is 11.3 Å². The molecule has 1 heterocycles. The summed E-state index contributed by atoms with van der Waals surface area (Å²) in [6.07, 6.45) is 4.53. The van der Waals surface area contributed by atoms with Gasteiger partial charge in [-0.05, 0) is 49.0 Å². The lowest BCUT2D eigenvalue weighted by Gasteiger charge is -2.17. The molecule has 1 aromatic rings. The van der Waals surface area contributed by atoms with Crippen LogP contribution in [0.3, 0.4) is 0 Å². The first kappa shape index (κ1) is 10.2. The molecule has 0 spiro atoms. The third-order valence-corrected chi connectivity index (χ3v) is 4.18. The Morgan fingerprint density at radius 3 is 2.93 bits per heavy atom. The molecule has 1 aliphatic rings. The van der Waals surface area contributed by atoms with Crippen molar-refractivity contribution in [2.45, 2.75) is 38.7 Å². The quantitative estimate of drug-likeness (QED) is 0.792. The van der Waals surface area contributed by atoms with E-state index in [1.807, 2.05) is 0 Å². The van der Waals surface area contributed by atoms with Gasteiger partial charge >= 0.3 is 0 Å². The maximum atomic E-state index is 9.93. The normalized spacial score (nSPS) is 20.7. The van der Waals surface area contributed by atoms with Crippen molar-refractivity contribution in [1.29, 1.82) is 0 Å². The summed E-state index contributed by atoms with van der Waals surface area (Å²) >= 11 is 1.79. The molecule has 1 N–H and O–H groups in total. The van der Waals surface area contributed by atoms with Gasteiger partial charge < -0.3 is 5.11 Å². The fourth-order valence-corrected chi connectivity index (χ4v) is 2.67. The van der Waals surface area contributed by atoms with E-state index in [1.165, 1.54) is 17.7 Å². The lowest BCUT2D eigenvalue weighted by molar-refractivity contribution is 0.0970. The number of aryl methyl sites for hydroxylation is 1. The molecule has 1 fully saturated rings. The van der Waals surface area contributed by atoms with Crippen molar-refractivity contribution in [2.75, 3.05) is 0 Å². The van der Waals surface area contributed by atoms with E-state index in [0.717, 1.165) is 18.8 Å². The van der Waals surface area contributed by atoms with Crippen molar-refractivity contribution in [3.05, 3.63) is 22.4 Å². The molecule has 14 heavy (non-hydrogen) atoms. The summed E-state index contributed by atoms with van der Waals surface area (Å²) in [6, 6.07) is 4.23. The van der Waals surface area contributed by atoms with Crippen LogP contribution >= 0.6 is 11.3 Å². The van der Waals surface area contributed by atoms with Crippen molar-refractivity contribution in [1.82, 2.24) is 0 Å². The van der Waals surface area contributed by atoms with E-state index < -0.39 is 0 Å². The highest BCUT2D eigenvalue weighted by atomic mass is 32.1. The first-order valence-corrected chi connectivity index (χ1v) is 6.36. The molecule has 1 aliphatic carbocycles. The van der Waals surface area contributed by atoms with Crippen molar-refractivity contribution < 1.29 is 5.11 Å². The summed E-state index contributed by atoms with van der Waals surface area (Å²) in [7, 11) is 0. The van der Waals surface area contributed by atoms with Crippen molar-refractivity contribution in [2.24, 2.45) is 11.8 Å². The summed E-state index contributed by atoms with van der Waals surface area (Å²) in [6.45, 7) is 2.19. The largest absolute Gasteiger partial charge is 0.393 e. The summed E-state index contributed by atoms with van der Waals surface area (Å²) in [5, 5.41) is 12.0. The summed E-state index contributed by atoms with van der Waals surface area (Å²) in [5.41, 5.74) is 0. The van der Waals surface area contributed by atoms with Gasteiger partial charge in [0.2, 0.25) is 0 Å². The molecule has 2 heteroatoms. The number of thiophene rings is 1. The Kier molecular flexibility index (Phi) is 3.24. The molecule has 0 radical (unpaired) electrons. The third-order valence-electron chi connectivity index (χ3n) is 3.24. The third kappa shape index (κ3) is 2.58. The molecule has 1 saturated carbocycles. The van der Waals surface area contributed by atoms with Crippen LogP contribution in [0, 0.1) is 11.8 Å². The van der Waals surface area contributed by atoms with Gasteiger partial charge in [0.05, 0.1) is 6.10 Å². The van der Waals surface area contributed by atoms with Crippen LogP contribution in [-0.2, 0) is 6.42 Å². The second-order valence-electron chi connectivity index (χ2n) is 4.38. The SMILES string of the molecule is CC(C(O)CCc1cccs1)C1CC1. The number of hydrogen-bond donors (Lipinski definition) is 1. The lowest BCUT2D eigenvalue weighted by atomic mass is 9.95. The average molecular weight is 210 g/mol. The van der Waals surface area contributed by atoms with E-state index in [0.29, 0.717) is 5.92 Å². The Labute approximate surface area is 89.8 Å². The molecule has 78 valence electrons. The van der Waals surface area contributed by atoms with Gasteiger partial charge in [-0.25, -0.2) is 0 Å². The van der Waals surface area contributed by atoms with Crippen LogP contribution in [0.5, 0.6) is 0 Å². The second-order valence-corrected chi connectivity index (χ2v) is 5.41. The average Bonchev–Trinajstić information content (AvgIpc) is 2.91. The fourth-order valence-electron chi connectivity index (χ4n) is 1.94. The molecule has 1 aromatic heterocycles. The van der Waals surface area contributed by atoms with Crippen LogP contribution in [0.15, 0.2) is 17.5 Å². The molecular formula is C12H18OS. The number of aliphatic hydroxyl groups excluding tert-OH is 1. The minimum absolute atomic E-state index is 0.0930. The lowest BCUT2D eigenvalue weighted by Crippen LogP contribution is -2.19. The molecule has 0 amide bonds. The zero-order valence-corrected chi connectivity index (χ0v) is 9.46. The van der Waals surface area contributed by atoms with E-state index in [-0.39, 0.29) is 6.10 Å². The maximum absolute atomic E-state index is 9.93. The van der Waals surface area contributed by atoms with Gasteiger partial charge in [0.25, 0.3) is 0 Å². The minimum Gasteiger partial charge on any atom is -0.393 e. The minimum atomic E-state index is -0.0930. The highest BCUT2D eigenvalue weighted by molar-refractivity contribution is 7.09. The van der Waals surface area contributed by atoms with Crippen LogP contribution in [0.1, 0.15) is 31.1 Å². The molecule has 2 atom stereocenters. The summed E-state index contributed by atoms with van der Waals surface area (Å²) in [4.78, 5) is 1.40. The zero-order valence-electron chi connectivity index (χ0n) is 8.65. The molecule has 2 rings (SSSR count). The van der Waals surface area contributed by atoms with Gasteiger partial charge in [-0.15, -0.1) is 11.3 Å². The molecule has 0 aliphatic heterocycles. The van der Waals surface area contributed by atoms with E-state index >= 15 is 0 Å². The molecule has 0 bridgehead atoms. The van der Waals surface area contributed by atoms with E-state index in [9.17, 15) is 5.11 Å². The Morgan fingerprint density at radius 2 is 2.36 bits per heavy atom. The number of aliphatic hydroxyl groups is 1. The van der Waals surface area contributed by atoms with Crippen LogP contribution in [0.2, 0.25) is 0 Å². The Bertz CT molecular complexity index is 264. The van der Waals surface area contributed by atoms with Crippen LogP contribution in [-0.4, -0.2) is 11.2 Å². The Hall–Kier alpha value is -0.340. The highest BCUT2D eigenvalue weighted by Gasteiger charge is 2.32. The molecule has 0 aromatic carbocycles. The number of rotatable bonds is 5. The van der Waals surface area contributed by atoms with Gasteiger partial charge in [0.1, 0.15) is 0 Å². The summed E-state index contributed by atoms with van der Waals surface area (Å²) in [5.74, 6) is 1.32. The monoisotopic (exact) mass is 210 g/mol. The fraction of sp³-hybridized carbons (Fsp3) is 0.667. The smallest absolute Gasteiger partial charge is 0.0571 e. The molecular weight excluding hydrogens is 192 g/mol. The second kappa shape index (κ2) is 4.45. The standard InChI is InChI=1S/C12H18OS/c1-9(10-4-5-10)12(13)7-6-11-3-2-8-14-11/h2-3,8-10,12-13H,4-7H2,1H3. The van der Waals surface area contributed by atoms with Crippen molar-refractivity contribution in [3.8, 4) is 0 Å². The zero-order chi connectivity index (χ0) is 9.97. The van der Waals surface area contributed by atoms with E-state index in [4.69, 9.17) is 0 Å². The van der Waals surface area contributed by atoms with Crippen LogP contribution in [0.4, 0.5) is 0 Å². The highest BCUT2D eigenvalue weighted by Crippen LogP contribution is 2.39. The predicted molar refractivity (Wildman–Crippen MR) is 60.5 cm³/mol. The molecule has 2 unspecified atom stereocenters. The first-order chi connectivity index (χ1) is 6.77. The van der Waals surface area contributed by atoms with Gasteiger partial charge in [-0.3, -0.25) is 0 Å². The van der Waals surface area contributed by atoms with Gasteiger partial charge in [-0.1, -0.05) is 13.0 Å². The van der Waals surface area contributed by atoms with Crippen LogP contribution in [0.25, 0.3) is 0 Å². The topological polar surface area (TPSA) is 20.2 Å². The van der Waals surface area contributed by atoms with E-state index in [2.05, 4.69) is 24.4 Å².